The van der Waals surface area contributed by atoms with Crippen LogP contribution >= 0.6 is 11.6 Å². The minimum atomic E-state index is -0.843. The molecule has 0 unspecified atom stereocenters. The summed E-state index contributed by atoms with van der Waals surface area (Å²) in [6.45, 7) is 1.80. The van der Waals surface area contributed by atoms with Gasteiger partial charge in [-0.3, -0.25) is 14.9 Å². The average molecular weight is 401 g/mol. The van der Waals surface area contributed by atoms with Gasteiger partial charge in [0.05, 0.1) is 19.9 Å². The van der Waals surface area contributed by atoms with Crippen molar-refractivity contribution in [2.24, 2.45) is 0 Å². The summed E-state index contributed by atoms with van der Waals surface area (Å²) in [4.78, 5) is 38.4. The Labute approximate surface area is 166 Å². The van der Waals surface area contributed by atoms with Crippen LogP contribution in [0.3, 0.4) is 0 Å². The zero-order chi connectivity index (χ0) is 20.4. The van der Waals surface area contributed by atoms with E-state index in [2.05, 4.69) is 5.32 Å². The maximum Gasteiger partial charge on any atom is 0.335 e. The zero-order valence-corrected chi connectivity index (χ0v) is 16.2. The highest BCUT2D eigenvalue weighted by Gasteiger charge is 2.37. The molecule has 0 aliphatic carbocycles. The van der Waals surface area contributed by atoms with Crippen molar-refractivity contribution < 1.29 is 23.9 Å². The quantitative estimate of drug-likeness (QED) is 0.628. The number of rotatable bonds is 4. The lowest BCUT2D eigenvalue weighted by Gasteiger charge is -2.26. The highest BCUT2D eigenvalue weighted by molar-refractivity contribution is 6.39. The second-order valence-corrected chi connectivity index (χ2v) is 6.41. The van der Waals surface area contributed by atoms with Crippen molar-refractivity contribution in [3.63, 3.8) is 0 Å². The van der Waals surface area contributed by atoms with Gasteiger partial charge in [0.15, 0.2) is 0 Å². The predicted molar refractivity (Wildman–Crippen MR) is 105 cm³/mol. The molecule has 144 valence electrons. The fourth-order valence-corrected chi connectivity index (χ4v) is 2.90. The topological polar surface area (TPSA) is 84.9 Å². The lowest BCUT2D eigenvalue weighted by Crippen LogP contribution is -2.54. The summed E-state index contributed by atoms with van der Waals surface area (Å²) in [5.74, 6) is -0.599. The van der Waals surface area contributed by atoms with Crippen LogP contribution in [0.4, 0.5) is 10.5 Å². The van der Waals surface area contributed by atoms with Crippen LogP contribution in [0.5, 0.6) is 11.5 Å². The third-order valence-electron chi connectivity index (χ3n) is 4.25. The van der Waals surface area contributed by atoms with E-state index in [4.69, 9.17) is 21.1 Å². The number of hydrogen-bond donors (Lipinski definition) is 1. The van der Waals surface area contributed by atoms with Gasteiger partial charge in [-0.05, 0) is 48.9 Å². The molecule has 0 radical (unpaired) electrons. The SMILES string of the molecule is COc1ccc(OC)c(/C=C2\C(=O)NC(=O)N(c3ccc(C)c(Cl)c3)C2=O)c1. The van der Waals surface area contributed by atoms with Crippen molar-refractivity contribution in [1.29, 1.82) is 0 Å². The molecule has 1 aliphatic rings. The van der Waals surface area contributed by atoms with Gasteiger partial charge in [-0.2, -0.15) is 0 Å². The average Bonchev–Trinajstić information content (AvgIpc) is 2.67. The Morgan fingerprint density at radius 3 is 2.43 bits per heavy atom. The third-order valence-corrected chi connectivity index (χ3v) is 4.66. The number of benzene rings is 2. The van der Waals surface area contributed by atoms with Gasteiger partial charge < -0.3 is 9.47 Å². The lowest BCUT2D eigenvalue weighted by atomic mass is 10.1. The van der Waals surface area contributed by atoms with Gasteiger partial charge in [-0.15, -0.1) is 0 Å². The van der Waals surface area contributed by atoms with E-state index in [0.29, 0.717) is 22.1 Å². The summed E-state index contributed by atoms with van der Waals surface area (Å²) in [6.07, 6.45) is 1.36. The number of nitrogens with one attached hydrogen (secondary N) is 1. The molecule has 0 saturated carbocycles. The molecule has 0 aromatic heterocycles. The Bertz CT molecular complexity index is 1020. The van der Waals surface area contributed by atoms with Gasteiger partial charge in [-0.25, -0.2) is 9.69 Å². The fraction of sp³-hybridized carbons (Fsp3) is 0.150. The minimum absolute atomic E-state index is 0.220. The smallest absolute Gasteiger partial charge is 0.335 e. The summed E-state index contributed by atoms with van der Waals surface area (Å²) < 4.78 is 10.5. The summed E-state index contributed by atoms with van der Waals surface area (Å²) in [5.41, 5.74) is 1.29. The van der Waals surface area contributed by atoms with E-state index in [9.17, 15) is 14.4 Å². The summed E-state index contributed by atoms with van der Waals surface area (Å²) >= 11 is 6.11. The molecule has 4 amide bonds. The molecule has 7 nitrogen and oxygen atoms in total. The monoisotopic (exact) mass is 400 g/mol. The second-order valence-electron chi connectivity index (χ2n) is 6.00. The number of carbonyl (C=O) groups is 3. The maximum absolute atomic E-state index is 13.0. The fourth-order valence-electron chi connectivity index (χ4n) is 2.72. The summed E-state index contributed by atoms with van der Waals surface area (Å²) in [6, 6.07) is 8.88. The van der Waals surface area contributed by atoms with Crippen molar-refractivity contribution >= 4 is 41.2 Å². The highest BCUT2D eigenvalue weighted by atomic mass is 35.5. The molecule has 1 N–H and O–H groups in total. The first kappa shape index (κ1) is 19.4. The number of anilines is 1. The first-order chi connectivity index (χ1) is 13.3. The number of halogens is 1. The lowest BCUT2D eigenvalue weighted by molar-refractivity contribution is -0.122. The Hall–Kier alpha value is -3.32. The van der Waals surface area contributed by atoms with Crippen LogP contribution in [0.2, 0.25) is 5.02 Å². The molecule has 1 fully saturated rings. The predicted octanol–water partition coefficient (Wildman–Crippen LogP) is 3.33. The first-order valence-electron chi connectivity index (χ1n) is 8.25. The van der Waals surface area contributed by atoms with Gasteiger partial charge in [0, 0.05) is 10.6 Å². The van der Waals surface area contributed by atoms with E-state index >= 15 is 0 Å². The number of aryl methyl sites for hydroxylation is 1. The van der Waals surface area contributed by atoms with Gasteiger partial charge in [-0.1, -0.05) is 17.7 Å². The van der Waals surface area contributed by atoms with Crippen molar-refractivity contribution in [1.82, 2.24) is 5.32 Å². The number of hydrogen-bond acceptors (Lipinski definition) is 5. The molecule has 2 aromatic rings. The van der Waals surface area contributed by atoms with E-state index < -0.39 is 17.8 Å². The Morgan fingerprint density at radius 1 is 1.04 bits per heavy atom. The molecule has 0 atom stereocenters. The molecule has 1 saturated heterocycles. The Morgan fingerprint density at radius 2 is 1.79 bits per heavy atom. The molecule has 3 rings (SSSR count). The number of urea groups is 1. The molecule has 0 bridgehead atoms. The molecule has 28 heavy (non-hydrogen) atoms. The molecular formula is C20H17ClN2O5. The van der Waals surface area contributed by atoms with E-state index in [1.54, 1.807) is 37.3 Å². The van der Waals surface area contributed by atoms with Crippen molar-refractivity contribution in [3.05, 3.63) is 58.1 Å². The van der Waals surface area contributed by atoms with Crippen LogP contribution in [-0.2, 0) is 9.59 Å². The van der Waals surface area contributed by atoms with Crippen molar-refractivity contribution in [2.75, 3.05) is 19.1 Å². The Kier molecular flexibility index (Phi) is 5.37. The normalized spacial score (nSPS) is 15.6. The molecule has 0 spiro atoms. The van der Waals surface area contributed by atoms with Crippen LogP contribution < -0.4 is 19.7 Å². The van der Waals surface area contributed by atoms with Crippen LogP contribution in [0, 0.1) is 6.92 Å². The van der Waals surface area contributed by atoms with E-state index in [1.807, 2.05) is 0 Å². The van der Waals surface area contributed by atoms with Gasteiger partial charge >= 0.3 is 6.03 Å². The molecule has 8 heteroatoms. The largest absolute Gasteiger partial charge is 0.497 e. The number of ether oxygens (including phenoxy) is 2. The van der Waals surface area contributed by atoms with Gasteiger partial charge in [0.2, 0.25) is 0 Å². The first-order valence-corrected chi connectivity index (χ1v) is 8.63. The van der Waals surface area contributed by atoms with Crippen LogP contribution in [0.1, 0.15) is 11.1 Å². The summed E-state index contributed by atoms with van der Waals surface area (Å²) in [7, 11) is 2.97. The highest BCUT2D eigenvalue weighted by Crippen LogP contribution is 2.29. The number of carbonyl (C=O) groups excluding carboxylic acids is 3. The summed E-state index contributed by atoms with van der Waals surface area (Å²) in [5, 5.41) is 2.57. The van der Waals surface area contributed by atoms with E-state index in [1.165, 1.54) is 26.4 Å². The van der Waals surface area contributed by atoms with Crippen molar-refractivity contribution in [2.45, 2.75) is 6.92 Å². The zero-order valence-electron chi connectivity index (χ0n) is 15.4. The van der Waals surface area contributed by atoms with E-state index in [0.717, 1.165) is 10.5 Å². The maximum atomic E-state index is 13.0. The van der Waals surface area contributed by atoms with Crippen LogP contribution in [0.25, 0.3) is 6.08 Å². The molecule has 1 aliphatic heterocycles. The number of amides is 4. The van der Waals surface area contributed by atoms with Gasteiger partial charge in [0.1, 0.15) is 17.1 Å². The molecule has 1 heterocycles. The number of barbiturate groups is 1. The number of methoxy groups -OCH3 is 2. The van der Waals surface area contributed by atoms with Crippen molar-refractivity contribution in [3.8, 4) is 11.5 Å². The standard InChI is InChI=1S/C20H17ClN2O5/c1-11-4-5-13(10-16(11)21)23-19(25)15(18(24)22-20(23)26)9-12-8-14(27-2)6-7-17(12)28-3/h4-10H,1-3H3,(H,22,24,26)/b15-9+. The number of imide groups is 2. The van der Waals surface area contributed by atoms with Crippen LogP contribution in [-0.4, -0.2) is 32.1 Å². The number of nitrogens with zero attached hydrogens (tertiary/aromatic N) is 1. The van der Waals surface area contributed by atoms with Crippen LogP contribution in [0.15, 0.2) is 42.0 Å². The molecular weight excluding hydrogens is 384 g/mol. The third kappa shape index (κ3) is 3.57. The van der Waals surface area contributed by atoms with Gasteiger partial charge in [0.25, 0.3) is 11.8 Å². The minimum Gasteiger partial charge on any atom is -0.497 e. The molecule has 2 aromatic carbocycles. The van der Waals surface area contributed by atoms with E-state index in [-0.39, 0.29) is 11.3 Å². The second kappa shape index (κ2) is 7.74. The Balaban J connectivity index is 2.07.